The van der Waals surface area contributed by atoms with Crippen molar-refractivity contribution in [2.24, 2.45) is 0 Å². The van der Waals surface area contributed by atoms with E-state index in [2.05, 4.69) is 9.97 Å². The molecule has 1 heterocycles. The van der Waals surface area contributed by atoms with Crippen LogP contribution in [0.25, 0.3) is 10.9 Å². The van der Waals surface area contributed by atoms with E-state index in [-0.39, 0.29) is 5.28 Å². The monoisotopic (exact) mass is 207 g/mol. The summed E-state index contributed by atoms with van der Waals surface area (Å²) in [5, 5.41) is 1.06. The largest absolute Gasteiger partial charge is 0.383 e. The summed E-state index contributed by atoms with van der Waals surface area (Å²) in [5.74, 6) is 0.433. The van der Waals surface area contributed by atoms with Crippen LogP contribution in [0, 0.1) is 13.8 Å². The van der Waals surface area contributed by atoms with Crippen LogP contribution in [0.1, 0.15) is 11.1 Å². The number of halogens is 1. The molecule has 1 aromatic carbocycles. The summed E-state index contributed by atoms with van der Waals surface area (Å²) < 4.78 is 0. The molecule has 0 aliphatic heterocycles. The third-order valence-corrected chi connectivity index (χ3v) is 2.56. The van der Waals surface area contributed by atoms with Crippen molar-refractivity contribution in [2.45, 2.75) is 13.8 Å². The predicted octanol–water partition coefficient (Wildman–Crippen LogP) is 2.48. The van der Waals surface area contributed by atoms with Gasteiger partial charge in [0, 0.05) is 5.39 Å². The molecule has 0 fully saturated rings. The molecule has 0 saturated carbocycles. The molecule has 0 radical (unpaired) electrons. The lowest BCUT2D eigenvalue weighted by Crippen LogP contribution is -1.97. The van der Waals surface area contributed by atoms with Crippen LogP contribution in [-0.2, 0) is 0 Å². The number of benzene rings is 1. The first-order valence-corrected chi connectivity index (χ1v) is 4.66. The third kappa shape index (κ3) is 1.30. The average molecular weight is 208 g/mol. The highest BCUT2D eigenvalue weighted by atomic mass is 35.5. The average Bonchev–Trinajstić information content (AvgIpc) is 2.12. The van der Waals surface area contributed by atoms with E-state index in [9.17, 15) is 0 Å². The zero-order valence-corrected chi connectivity index (χ0v) is 8.76. The second kappa shape index (κ2) is 3.10. The minimum atomic E-state index is 0.198. The zero-order valence-electron chi connectivity index (χ0n) is 8.00. The Hall–Kier alpha value is -1.35. The Labute approximate surface area is 86.9 Å². The Kier molecular flexibility index (Phi) is 2.04. The second-order valence-electron chi connectivity index (χ2n) is 3.28. The number of nitrogens with zero attached hydrogens (tertiary/aromatic N) is 2. The molecule has 0 atom stereocenters. The quantitative estimate of drug-likeness (QED) is 0.676. The van der Waals surface area contributed by atoms with Crippen molar-refractivity contribution in [3.8, 4) is 0 Å². The Morgan fingerprint density at radius 3 is 2.64 bits per heavy atom. The molecule has 0 bridgehead atoms. The van der Waals surface area contributed by atoms with Crippen molar-refractivity contribution in [3.63, 3.8) is 0 Å². The standard InChI is InChI=1S/C10H10ClN3/c1-5-3-4-7-8(6(5)2)13-10(11)14-9(7)12/h3-4H,1-2H3,(H2,12,13,14). The van der Waals surface area contributed by atoms with E-state index in [0.29, 0.717) is 5.82 Å². The van der Waals surface area contributed by atoms with Crippen LogP contribution in [0.4, 0.5) is 5.82 Å². The van der Waals surface area contributed by atoms with Crippen LogP contribution >= 0.6 is 11.6 Å². The number of hydrogen-bond donors (Lipinski definition) is 1. The van der Waals surface area contributed by atoms with Crippen LogP contribution in [0.15, 0.2) is 12.1 Å². The molecule has 2 rings (SSSR count). The fourth-order valence-electron chi connectivity index (χ4n) is 1.43. The third-order valence-electron chi connectivity index (χ3n) is 2.39. The number of fused-ring (bicyclic) bond motifs is 1. The highest BCUT2D eigenvalue weighted by molar-refractivity contribution is 6.28. The Morgan fingerprint density at radius 1 is 1.21 bits per heavy atom. The van der Waals surface area contributed by atoms with Gasteiger partial charge < -0.3 is 5.73 Å². The van der Waals surface area contributed by atoms with E-state index >= 15 is 0 Å². The van der Waals surface area contributed by atoms with E-state index < -0.39 is 0 Å². The van der Waals surface area contributed by atoms with Gasteiger partial charge in [0.2, 0.25) is 5.28 Å². The van der Waals surface area contributed by atoms with Crippen molar-refractivity contribution >= 4 is 28.3 Å². The van der Waals surface area contributed by atoms with E-state index in [0.717, 1.165) is 16.5 Å². The van der Waals surface area contributed by atoms with E-state index in [1.54, 1.807) is 0 Å². The number of nitrogen functional groups attached to an aromatic ring is 1. The first-order chi connectivity index (χ1) is 6.59. The molecule has 3 nitrogen and oxygen atoms in total. The number of anilines is 1. The van der Waals surface area contributed by atoms with Crippen LogP contribution in [0.5, 0.6) is 0 Å². The van der Waals surface area contributed by atoms with E-state index in [1.165, 1.54) is 5.56 Å². The fraction of sp³-hybridized carbons (Fsp3) is 0.200. The molecule has 4 heteroatoms. The SMILES string of the molecule is Cc1ccc2c(N)nc(Cl)nc2c1C. The fourth-order valence-corrected chi connectivity index (χ4v) is 1.60. The highest BCUT2D eigenvalue weighted by Gasteiger charge is 2.07. The van der Waals surface area contributed by atoms with Gasteiger partial charge in [0.1, 0.15) is 5.82 Å². The number of aryl methyl sites for hydroxylation is 2. The molecule has 14 heavy (non-hydrogen) atoms. The van der Waals surface area contributed by atoms with Gasteiger partial charge in [-0.2, -0.15) is 0 Å². The summed E-state index contributed by atoms with van der Waals surface area (Å²) in [4.78, 5) is 8.08. The van der Waals surface area contributed by atoms with Crippen molar-refractivity contribution in [3.05, 3.63) is 28.5 Å². The Bertz CT molecular complexity index is 508. The molecular weight excluding hydrogens is 198 g/mol. The molecule has 0 spiro atoms. The number of nitrogens with two attached hydrogens (primary N) is 1. The molecule has 2 aromatic rings. The number of rotatable bonds is 0. The summed E-state index contributed by atoms with van der Waals surface area (Å²) in [7, 11) is 0. The maximum Gasteiger partial charge on any atom is 0.224 e. The van der Waals surface area contributed by atoms with Crippen molar-refractivity contribution in [1.29, 1.82) is 0 Å². The lowest BCUT2D eigenvalue weighted by Gasteiger charge is -2.06. The maximum atomic E-state index is 5.75. The van der Waals surface area contributed by atoms with Gasteiger partial charge in [-0.25, -0.2) is 9.97 Å². The second-order valence-corrected chi connectivity index (χ2v) is 3.62. The van der Waals surface area contributed by atoms with Gasteiger partial charge >= 0.3 is 0 Å². The molecule has 0 amide bonds. The number of hydrogen-bond acceptors (Lipinski definition) is 3. The summed E-state index contributed by atoms with van der Waals surface area (Å²) in [6.07, 6.45) is 0. The van der Waals surface area contributed by atoms with Gasteiger partial charge in [0.25, 0.3) is 0 Å². The lowest BCUT2D eigenvalue weighted by atomic mass is 10.1. The van der Waals surface area contributed by atoms with Crippen molar-refractivity contribution in [2.75, 3.05) is 5.73 Å². The molecule has 0 aliphatic carbocycles. The van der Waals surface area contributed by atoms with Crippen LogP contribution in [0.2, 0.25) is 5.28 Å². The van der Waals surface area contributed by atoms with Crippen molar-refractivity contribution < 1.29 is 0 Å². The van der Waals surface area contributed by atoms with Gasteiger partial charge in [0.15, 0.2) is 0 Å². The summed E-state index contributed by atoms with van der Waals surface area (Å²) >= 11 is 5.75. The molecular formula is C10H10ClN3. The zero-order chi connectivity index (χ0) is 10.3. The predicted molar refractivity (Wildman–Crippen MR) is 58.4 cm³/mol. The Morgan fingerprint density at radius 2 is 1.93 bits per heavy atom. The topological polar surface area (TPSA) is 51.8 Å². The van der Waals surface area contributed by atoms with Gasteiger partial charge in [-0.1, -0.05) is 6.07 Å². The first kappa shape index (κ1) is 9.21. The molecule has 0 aliphatic rings. The van der Waals surface area contributed by atoms with Crippen LogP contribution < -0.4 is 5.73 Å². The Balaban J connectivity index is 2.95. The molecule has 2 N–H and O–H groups in total. The normalized spacial score (nSPS) is 10.8. The summed E-state index contributed by atoms with van der Waals surface area (Å²) in [6, 6.07) is 3.93. The molecule has 0 unspecified atom stereocenters. The molecule has 1 aromatic heterocycles. The van der Waals surface area contributed by atoms with Gasteiger partial charge in [0.05, 0.1) is 5.52 Å². The minimum Gasteiger partial charge on any atom is -0.383 e. The van der Waals surface area contributed by atoms with E-state index in [4.69, 9.17) is 17.3 Å². The van der Waals surface area contributed by atoms with Gasteiger partial charge in [-0.15, -0.1) is 0 Å². The van der Waals surface area contributed by atoms with E-state index in [1.807, 2.05) is 26.0 Å². The van der Waals surface area contributed by atoms with Crippen LogP contribution in [-0.4, -0.2) is 9.97 Å². The highest BCUT2D eigenvalue weighted by Crippen LogP contribution is 2.24. The van der Waals surface area contributed by atoms with Gasteiger partial charge in [-0.3, -0.25) is 0 Å². The first-order valence-electron chi connectivity index (χ1n) is 4.28. The van der Waals surface area contributed by atoms with Gasteiger partial charge in [-0.05, 0) is 42.6 Å². The van der Waals surface area contributed by atoms with Crippen molar-refractivity contribution in [1.82, 2.24) is 9.97 Å². The molecule has 0 saturated heterocycles. The lowest BCUT2D eigenvalue weighted by molar-refractivity contribution is 1.21. The summed E-state index contributed by atoms with van der Waals surface area (Å²) in [5.41, 5.74) is 8.84. The maximum absolute atomic E-state index is 5.75. The van der Waals surface area contributed by atoms with Crippen LogP contribution in [0.3, 0.4) is 0 Å². The summed E-state index contributed by atoms with van der Waals surface area (Å²) in [6.45, 7) is 4.03. The smallest absolute Gasteiger partial charge is 0.224 e. The number of aromatic nitrogens is 2. The molecule has 72 valence electrons. The minimum absolute atomic E-state index is 0.198.